The van der Waals surface area contributed by atoms with E-state index in [1.165, 1.54) is 0 Å². The second-order valence-electron chi connectivity index (χ2n) is 4.30. The van der Waals surface area contributed by atoms with Crippen LogP contribution in [0.25, 0.3) is 0 Å². The van der Waals surface area contributed by atoms with Crippen molar-refractivity contribution in [3.05, 3.63) is 29.8 Å². The lowest BCUT2D eigenvalue weighted by Crippen LogP contribution is -2.31. The molecule has 0 fully saturated rings. The van der Waals surface area contributed by atoms with E-state index in [-0.39, 0.29) is 5.97 Å². The van der Waals surface area contributed by atoms with Crippen molar-refractivity contribution in [1.29, 1.82) is 0 Å². The summed E-state index contributed by atoms with van der Waals surface area (Å²) in [6.45, 7) is 8.52. The Balaban J connectivity index is 2.87. The summed E-state index contributed by atoms with van der Waals surface area (Å²) in [6, 6.07) is 7.56. The average Bonchev–Trinajstić information content (AvgIpc) is 2.30. The van der Waals surface area contributed by atoms with Crippen LogP contribution in [0.1, 0.15) is 33.3 Å². The van der Waals surface area contributed by atoms with E-state index in [1.807, 2.05) is 52.0 Å². The summed E-state index contributed by atoms with van der Waals surface area (Å²) in [4.78, 5) is 11.8. The zero-order valence-electron chi connectivity index (χ0n) is 10.9. The zero-order chi connectivity index (χ0) is 12.9. The standard InChI is InChI=1S/C14H20O3/c1-5-16-12-9-7-11(8-10-12)14(3,4)13(15)17-6-2/h7-10H,5-6H2,1-4H3. The number of rotatable bonds is 5. The molecule has 1 rings (SSSR count). The highest BCUT2D eigenvalue weighted by Gasteiger charge is 2.31. The lowest BCUT2D eigenvalue weighted by Gasteiger charge is -2.22. The lowest BCUT2D eigenvalue weighted by atomic mass is 9.85. The zero-order valence-corrected chi connectivity index (χ0v) is 10.9. The monoisotopic (exact) mass is 236 g/mol. The Bertz CT molecular complexity index is 366. The third kappa shape index (κ3) is 3.22. The second kappa shape index (κ2) is 5.71. The number of ether oxygens (including phenoxy) is 2. The molecule has 94 valence electrons. The highest BCUT2D eigenvalue weighted by molar-refractivity contribution is 5.82. The summed E-state index contributed by atoms with van der Waals surface area (Å²) in [5, 5.41) is 0. The molecule has 0 atom stereocenters. The predicted molar refractivity (Wildman–Crippen MR) is 67.3 cm³/mol. The molecule has 0 bridgehead atoms. The van der Waals surface area contributed by atoms with Gasteiger partial charge in [-0.15, -0.1) is 0 Å². The Morgan fingerprint density at radius 3 is 2.18 bits per heavy atom. The van der Waals surface area contributed by atoms with E-state index < -0.39 is 5.41 Å². The van der Waals surface area contributed by atoms with E-state index in [9.17, 15) is 4.79 Å². The third-order valence-corrected chi connectivity index (χ3v) is 2.67. The number of benzene rings is 1. The fourth-order valence-corrected chi connectivity index (χ4v) is 1.56. The van der Waals surface area contributed by atoms with Crippen molar-refractivity contribution < 1.29 is 14.3 Å². The fraction of sp³-hybridized carbons (Fsp3) is 0.500. The van der Waals surface area contributed by atoms with Gasteiger partial charge in [0.05, 0.1) is 18.6 Å². The topological polar surface area (TPSA) is 35.5 Å². The maximum absolute atomic E-state index is 11.8. The van der Waals surface area contributed by atoms with Crippen molar-refractivity contribution in [3.8, 4) is 5.75 Å². The van der Waals surface area contributed by atoms with Crippen LogP contribution in [0.5, 0.6) is 5.75 Å². The number of esters is 1. The first-order valence-electron chi connectivity index (χ1n) is 5.93. The molecule has 1 aromatic carbocycles. The van der Waals surface area contributed by atoms with E-state index in [0.29, 0.717) is 13.2 Å². The smallest absolute Gasteiger partial charge is 0.315 e. The Labute approximate surface area is 103 Å². The van der Waals surface area contributed by atoms with Crippen molar-refractivity contribution >= 4 is 5.97 Å². The van der Waals surface area contributed by atoms with Crippen molar-refractivity contribution in [3.63, 3.8) is 0 Å². The van der Waals surface area contributed by atoms with Gasteiger partial charge in [0.25, 0.3) is 0 Å². The Kier molecular flexibility index (Phi) is 4.55. The van der Waals surface area contributed by atoms with Gasteiger partial charge >= 0.3 is 5.97 Å². The molecule has 0 aliphatic heterocycles. The minimum Gasteiger partial charge on any atom is -0.494 e. The van der Waals surface area contributed by atoms with Gasteiger partial charge in [-0.3, -0.25) is 4.79 Å². The Hall–Kier alpha value is -1.51. The minimum atomic E-state index is -0.624. The van der Waals surface area contributed by atoms with Crippen LogP contribution in [0.2, 0.25) is 0 Å². The summed E-state index contributed by atoms with van der Waals surface area (Å²) >= 11 is 0. The fourth-order valence-electron chi connectivity index (χ4n) is 1.56. The molecule has 0 saturated heterocycles. The summed E-state index contributed by atoms with van der Waals surface area (Å²) < 4.78 is 10.4. The van der Waals surface area contributed by atoms with Gasteiger partial charge in [0.15, 0.2) is 0 Å². The molecule has 0 radical (unpaired) electrons. The van der Waals surface area contributed by atoms with Crippen LogP contribution in [0.15, 0.2) is 24.3 Å². The van der Waals surface area contributed by atoms with E-state index in [4.69, 9.17) is 9.47 Å². The number of carbonyl (C=O) groups is 1. The molecule has 0 saturated carbocycles. The molecule has 0 aliphatic carbocycles. The Morgan fingerprint density at radius 2 is 1.71 bits per heavy atom. The summed E-state index contributed by atoms with van der Waals surface area (Å²) in [6.07, 6.45) is 0. The quantitative estimate of drug-likeness (QED) is 0.737. The predicted octanol–water partition coefficient (Wildman–Crippen LogP) is 2.93. The first-order valence-corrected chi connectivity index (χ1v) is 5.93. The highest BCUT2D eigenvalue weighted by atomic mass is 16.5. The van der Waals surface area contributed by atoms with Crippen molar-refractivity contribution in [2.24, 2.45) is 0 Å². The van der Waals surface area contributed by atoms with Crippen LogP contribution in [0.3, 0.4) is 0 Å². The van der Waals surface area contributed by atoms with Crippen LogP contribution in [0, 0.1) is 0 Å². The van der Waals surface area contributed by atoms with Crippen molar-refractivity contribution in [1.82, 2.24) is 0 Å². The van der Waals surface area contributed by atoms with Gasteiger partial charge in [-0.2, -0.15) is 0 Å². The highest BCUT2D eigenvalue weighted by Crippen LogP contribution is 2.26. The molecule has 0 spiro atoms. The molecule has 0 amide bonds. The van der Waals surface area contributed by atoms with Gasteiger partial charge < -0.3 is 9.47 Å². The lowest BCUT2D eigenvalue weighted by molar-refractivity contribution is -0.148. The van der Waals surface area contributed by atoms with Crippen LogP contribution < -0.4 is 4.74 Å². The molecular formula is C14H20O3. The third-order valence-electron chi connectivity index (χ3n) is 2.67. The van der Waals surface area contributed by atoms with Gasteiger partial charge in [0.1, 0.15) is 5.75 Å². The number of carbonyl (C=O) groups excluding carboxylic acids is 1. The molecule has 3 heteroatoms. The van der Waals surface area contributed by atoms with Gasteiger partial charge in [-0.25, -0.2) is 0 Å². The van der Waals surface area contributed by atoms with Crippen molar-refractivity contribution in [2.45, 2.75) is 33.1 Å². The molecular weight excluding hydrogens is 216 g/mol. The normalized spacial score (nSPS) is 11.1. The van der Waals surface area contributed by atoms with Gasteiger partial charge in [-0.1, -0.05) is 12.1 Å². The SMILES string of the molecule is CCOC(=O)C(C)(C)c1ccc(OCC)cc1. The molecule has 0 unspecified atom stereocenters. The second-order valence-corrected chi connectivity index (χ2v) is 4.30. The van der Waals surface area contributed by atoms with Crippen LogP contribution in [-0.4, -0.2) is 19.2 Å². The largest absolute Gasteiger partial charge is 0.494 e. The first-order chi connectivity index (χ1) is 8.02. The average molecular weight is 236 g/mol. The van der Waals surface area contributed by atoms with Gasteiger partial charge in [-0.05, 0) is 45.4 Å². The number of hydrogen-bond donors (Lipinski definition) is 0. The first kappa shape index (κ1) is 13.6. The maximum Gasteiger partial charge on any atom is 0.315 e. The maximum atomic E-state index is 11.8. The molecule has 0 N–H and O–H groups in total. The summed E-state index contributed by atoms with van der Waals surface area (Å²) in [5.74, 6) is 0.611. The van der Waals surface area contributed by atoms with E-state index in [0.717, 1.165) is 11.3 Å². The van der Waals surface area contributed by atoms with Gasteiger partial charge in [0.2, 0.25) is 0 Å². The summed E-state index contributed by atoms with van der Waals surface area (Å²) in [7, 11) is 0. The molecule has 0 heterocycles. The van der Waals surface area contributed by atoms with Crippen LogP contribution >= 0.6 is 0 Å². The van der Waals surface area contributed by atoms with Crippen molar-refractivity contribution in [2.75, 3.05) is 13.2 Å². The van der Waals surface area contributed by atoms with Crippen LogP contribution in [-0.2, 0) is 14.9 Å². The molecule has 0 aliphatic rings. The Morgan fingerprint density at radius 1 is 1.12 bits per heavy atom. The van der Waals surface area contributed by atoms with E-state index in [2.05, 4.69) is 0 Å². The molecule has 0 aromatic heterocycles. The van der Waals surface area contributed by atoms with E-state index >= 15 is 0 Å². The van der Waals surface area contributed by atoms with Crippen LogP contribution in [0.4, 0.5) is 0 Å². The molecule has 17 heavy (non-hydrogen) atoms. The molecule has 3 nitrogen and oxygen atoms in total. The molecule has 1 aromatic rings. The minimum absolute atomic E-state index is 0.204. The van der Waals surface area contributed by atoms with Gasteiger partial charge in [0, 0.05) is 0 Å². The van der Waals surface area contributed by atoms with E-state index in [1.54, 1.807) is 0 Å². The summed E-state index contributed by atoms with van der Waals surface area (Å²) in [5.41, 5.74) is 0.306. The number of hydrogen-bond acceptors (Lipinski definition) is 3.